The van der Waals surface area contributed by atoms with E-state index in [0.29, 0.717) is 17.5 Å². The summed E-state index contributed by atoms with van der Waals surface area (Å²) in [5.41, 5.74) is 9.59. The molecule has 0 radical (unpaired) electrons. The molecule has 1 aliphatic carbocycles. The van der Waals surface area contributed by atoms with E-state index < -0.39 is 0 Å². The van der Waals surface area contributed by atoms with Crippen molar-refractivity contribution in [2.75, 3.05) is 0 Å². The fourth-order valence-electron chi connectivity index (χ4n) is 6.80. The Balaban J connectivity index is 1.21. The fraction of sp³-hybridized carbons (Fsp3) is 0.0750. The Kier molecular flexibility index (Phi) is 5.21. The van der Waals surface area contributed by atoms with Crippen LogP contribution in [0.15, 0.2) is 132 Å². The highest BCUT2D eigenvalue weighted by Gasteiger charge is 2.35. The van der Waals surface area contributed by atoms with Crippen LogP contribution in [-0.2, 0) is 5.41 Å². The van der Waals surface area contributed by atoms with Gasteiger partial charge in [0, 0.05) is 32.9 Å². The Morgan fingerprint density at radius 1 is 0.455 bits per heavy atom. The van der Waals surface area contributed by atoms with Gasteiger partial charge in [-0.25, -0.2) is 15.0 Å². The lowest BCUT2D eigenvalue weighted by Crippen LogP contribution is -2.15. The van der Waals surface area contributed by atoms with Gasteiger partial charge in [-0.1, -0.05) is 111 Å². The van der Waals surface area contributed by atoms with Gasteiger partial charge in [-0.2, -0.15) is 0 Å². The molecular formula is C40H27N3O. The van der Waals surface area contributed by atoms with Gasteiger partial charge in [-0.15, -0.1) is 0 Å². The number of hydrogen-bond donors (Lipinski definition) is 0. The third-order valence-electron chi connectivity index (χ3n) is 9.11. The third-order valence-corrected chi connectivity index (χ3v) is 9.11. The van der Waals surface area contributed by atoms with Crippen molar-refractivity contribution in [3.05, 3.63) is 139 Å². The topological polar surface area (TPSA) is 51.8 Å². The smallest absolute Gasteiger partial charge is 0.164 e. The maximum atomic E-state index is 6.39. The molecule has 0 saturated heterocycles. The van der Waals surface area contributed by atoms with Crippen LogP contribution < -0.4 is 0 Å². The van der Waals surface area contributed by atoms with Gasteiger partial charge in [0.15, 0.2) is 17.5 Å². The molecule has 0 aliphatic heterocycles. The van der Waals surface area contributed by atoms with Gasteiger partial charge in [-0.3, -0.25) is 0 Å². The van der Waals surface area contributed by atoms with Gasteiger partial charge in [0.05, 0.1) is 0 Å². The number of benzene rings is 6. The van der Waals surface area contributed by atoms with Crippen molar-refractivity contribution in [3.8, 4) is 45.3 Å². The maximum Gasteiger partial charge on any atom is 0.164 e. The van der Waals surface area contributed by atoms with E-state index in [2.05, 4.69) is 111 Å². The van der Waals surface area contributed by atoms with Gasteiger partial charge in [0.25, 0.3) is 0 Å². The Bertz CT molecular complexity index is 2420. The van der Waals surface area contributed by atoms with Crippen LogP contribution in [0.5, 0.6) is 0 Å². The number of fused-ring (bicyclic) bond motifs is 7. The van der Waals surface area contributed by atoms with Crippen molar-refractivity contribution < 1.29 is 4.42 Å². The summed E-state index contributed by atoms with van der Waals surface area (Å²) >= 11 is 0. The number of rotatable bonds is 3. The van der Waals surface area contributed by atoms with Crippen molar-refractivity contribution in [2.45, 2.75) is 19.3 Å². The molecule has 9 rings (SSSR count). The van der Waals surface area contributed by atoms with Crippen molar-refractivity contribution in [1.82, 2.24) is 15.0 Å². The van der Waals surface area contributed by atoms with E-state index in [1.807, 2.05) is 30.3 Å². The van der Waals surface area contributed by atoms with E-state index in [4.69, 9.17) is 19.4 Å². The molecule has 0 bridgehead atoms. The maximum absolute atomic E-state index is 6.39. The van der Waals surface area contributed by atoms with Crippen molar-refractivity contribution in [3.63, 3.8) is 0 Å². The zero-order chi connectivity index (χ0) is 29.4. The zero-order valence-electron chi connectivity index (χ0n) is 24.4. The summed E-state index contributed by atoms with van der Waals surface area (Å²) in [6.45, 7) is 4.59. The molecule has 0 amide bonds. The molecule has 8 aromatic rings. The highest BCUT2D eigenvalue weighted by molar-refractivity contribution is 6.10. The average molecular weight is 566 g/mol. The summed E-state index contributed by atoms with van der Waals surface area (Å²) in [5.74, 6) is 1.91. The first kappa shape index (κ1) is 24.9. The number of nitrogens with zero attached hydrogens (tertiary/aromatic N) is 3. The Hall–Kier alpha value is -5.61. The Labute approximate surface area is 254 Å². The predicted molar refractivity (Wildman–Crippen MR) is 178 cm³/mol. The van der Waals surface area contributed by atoms with Crippen LogP contribution in [0, 0.1) is 0 Å². The number of hydrogen-bond acceptors (Lipinski definition) is 4. The molecule has 0 saturated carbocycles. The Morgan fingerprint density at radius 3 is 1.84 bits per heavy atom. The SMILES string of the molecule is CC1(C)c2ccccc2-c2ccc(-c3nc(-c4ccccc4)nc(-c4ccc5c(c4)oc4cc6ccccc6cc45)n3)cc21. The van der Waals surface area contributed by atoms with Gasteiger partial charge < -0.3 is 4.42 Å². The summed E-state index contributed by atoms with van der Waals surface area (Å²) in [4.78, 5) is 15.0. The number of furan rings is 1. The molecule has 0 N–H and O–H groups in total. The second kappa shape index (κ2) is 9.19. The van der Waals surface area contributed by atoms with Gasteiger partial charge >= 0.3 is 0 Å². The molecule has 0 fully saturated rings. The second-order valence-corrected chi connectivity index (χ2v) is 12.1. The van der Waals surface area contributed by atoms with Crippen LogP contribution in [0.2, 0.25) is 0 Å². The van der Waals surface area contributed by atoms with Crippen molar-refractivity contribution in [1.29, 1.82) is 0 Å². The highest BCUT2D eigenvalue weighted by Crippen LogP contribution is 2.49. The van der Waals surface area contributed by atoms with E-state index in [1.165, 1.54) is 27.6 Å². The van der Waals surface area contributed by atoms with Crippen LogP contribution in [-0.4, -0.2) is 15.0 Å². The van der Waals surface area contributed by atoms with Crippen LogP contribution >= 0.6 is 0 Å². The van der Waals surface area contributed by atoms with E-state index >= 15 is 0 Å². The van der Waals surface area contributed by atoms with Crippen LogP contribution in [0.25, 0.3) is 78.0 Å². The molecule has 0 spiro atoms. The lowest BCUT2D eigenvalue weighted by atomic mass is 9.82. The van der Waals surface area contributed by atoms with Crippen LogP contribution in [0.3, 0.4) is 0 Å². The molecule has 2 aromatic heterocycles. The second-order valence-electron chi connectivity index (χ2n) is 12.1. The summed E-state index contributed by atoms with van der Waals surface area (Å²) in [6.07, 6.45) is 0. The molecule has 0 atom stereocenters. The normalized spacial score (nSPS) is 13.4. The van der Waals surface area contributed by atoms with E-state index in [9.17, 15) is 0 Å². The molecule has 6 aromatic carbocycles. The summed E-state index contributed by atoms with van der Waals surface area (Å²) in [5, 5.41) is 4.54. The largest absolute Gasteiger partial charge is 0.456 e. The van der Waals surface area contributed by atoms with Gasteiger partial charge in [0.2, 0.25) is 0 Å². The third kappa shape index (κ3) is 3.74. The standard InChI is InChI=1S/C40H27N3O/c1-40(2)33-15-9-8-14-29(33)30-18-16-27(21-34(30)40)38-41-37(24-10-4-3-5-11-24)42-39(43-38)28-17-19-31-32-20-25-12-6-7-13-26(25)22-36(32)44-35(31)23-28/h3-23H,1-2H3. The minimum absolute atomic E-state index is 0.114. The quantitative estimate of drug-likeness (QED) is 0.214. The molecule has 0 unspecified atom stereocenters. The van der Waals surface area contributed by atoms with Gasteiger partial charge in [-0.05, 0) is 63.4 Å². The zero-order valence-corrected chi connectivity index (χ0v) is 24.4. The lowest BCUT2D eigenvalue weighted by molar-refractivity contribution is 0.660. The molecule has 4 nitrogen and oxygen atoms in total. The highest BCUT2D eigenvalue weighted by atomic mass is 16.3. The lowest BCUT2D eigenvalue weighted by Gasteiger charge is -2.21. The predicted octanol–water partition coefficient (Wildman–Crippen LogP) is 10.2. The molecule has 44 heavy (non-hydrogen) atoms. The Morgan fingerprint density at radius 2 is 1.05 bits per heavy atom. The molecule has 4 heteroatoms. The van der Waals surface area contributed by atoms with Crippen molar-refractivity contribution >= 4 is 32.7 Å². The molecule has 1 aliphatic rings. The van der Waals surface area contributed by atoms with Crippen LogP contribution in [0.4, 0.5) is 0 Å². The van der Waals surface area contributed by atoms with Crippen LogP contribution in [0.1, 0.15) is 25.0 Å². The fourth-order valence-corrected chi connectivity index (χ4v) is 6.80. The number of aromatic nitrogens is 3. The molecule has 2 heterocycles. The summed E-state index contributed by atoms with van der Waals surface area (Å²) in [6, 6.07) is 44.4. The monoisotopic (exact) mass is 565 g/mol. The first-order valence-corrected chi connectivity index (χ1v) is 14.9. The average Bonchev–Trinajstić information content (AvgIpc) is 3.54. The minimum atomic E-state index is -0.114. The summed E-state index contributed by atoms with van der Waals surface area (Å²) < 4.78 is 6.39. The molecular weight excluding hydrogens is 538 g/mol. The molecule has 208 valence electrons. The first-order valence-electron chi connectivity index (χ1n) is 14.9. The first-order chi connectivity index (χ1) is 21.5. The van der Waals surface area contributed by atoms with E-state index in [1.54, 1.807) is 0 Å². The van der Waals surface area contributed by atoms with Gasteiger partial charge in [0.1, 0.15) is 11.2 Å². The van der Waals surface area contributed by atoms with E-state index in [0.717, 1.165) is 44.0 Å². The minimum Gasteiger partial charge on any atom is -0.456 e. The summed E-state index contributed by atoms with van der Waals surface area (Å²) in [7, 11) is 0. The van der Waals surface area contributed by atoms with E-state index in [-0.39, 0.29) is 5.41 Å². The van der Waals surface area contributed by atoms with Crippen molar-refractivity contribution in [2.24, 2.45) is 0 Å².